The molecule has 2 amide bonds. The first kappa shape index (κ1) is 19.0. The third-order valence-corrected chi connectivity index (χ3v) is 4.34. The summed E-state index contributed by atoms with van der Waals surface area (Å²) < 4.78 is 10.4. The molecule has 1 heterocycles. The van der Waals surface area contributed by atoms with Gasteiger partial charge in [0.25, 0.3) is 5.91 Å². The highest BCUT2D eigenvalue weighted by Crippen LogP contribution is 2.27. The van der Waals surface area contributed by atoms with E-state index in [-0.39, 0.29) is 19.0 Å². The summed E-state index contributed by atoms with van der Waals surface area (Å²) in [5.74, 6) is 0.385. The van der Waals surface area contributed by atoms with Crippen molar-refractivity contribution in [3.63, 3.8) is 0 Å². The Morgan fingerprint density at radius 3 is 2.72 bits per heavy atom. The van der Waals surface area contributed by atoms with Crippen LogP contribution in [0.5, 0.6) is 11.5 Å². The molecule has 8 nitrogen and oxygen atoms in total. The summed E-state index contributed by atoms with van der Waals surface area (Å²) in [7, 11) is 3.08. The monoisotopic (exact) mass is 351 g/mol. The minimum absolute atomic E-state index is 0.128. The highest BCUT2D eigenvalue weighted by molar-refractivity contribution is 5.84. The molecule has 1 aromatic carbocycles. The van der Waals surface area contributed by atoms with E-state index in [0.717, 1.165) is 12.0 Å². The van der Waals surface area contributed by atoms with Gasteiger partial charge in [0.1, 0.15) is 0 Å². The Hall–Kier alpha value is -2.32. The molecule has 1 aliphatic rings. The number of amides is 2. The Morgan fingerprint density at radius 1 is 1.36 bits per heavy atom. The fourth-order valence-electron chi connectivity index (χ4n) is 3.01. The average Bonchev–Trinajstić information content (AvgIpc) is 3.14. The second kappa shape index (κ2) is 8.68. The minimum Gasteiger partial charge on any atom is -0.493 e. The number of nitrogens with two attached hydrogens (primary N) is 1. The summed E-state index contributed by atoms with van der Waals surface area (Å²) in [5.41, 5.74) is 6.19. The van der Waals surface area contributed by atoms with Crippen molar-refractivity contribution >= 4 is 11.8 Å². The average molecular weight is 351 g/mol. The first-order valence-corrected chi connectivity index (χ1v) is 8.18. The van der Waals surface area contributed by atoms with Crippen LogP contribution in [0.15, 0.2) is 18.2 Å². The summed E-state index contributed by atoms with van der Waals surface area (Å²) >= 11 is 0. The van der Waals surface area contributed by atoms with Crippen LogP contribution in [-0.2, 0) is 16.1 Å². The Balaban J connectivity index is 1.96. The van der Waals surface area contributed by atoms with Gasteiger partial charge in [0.05, 0.1) is 26.8 Å². The van der Waals surface area contributed by atoms with E-state index in [9.17, 15) is 14.7 Å². The predicted octanol–water partition coefficient (Wildman–Crippen LogP) is -0.369. The molecule has 1 aromatic rings. The summed E-state index contributed by atoms with van der Waals surface area (Å²) in [6.07, 6.45) is 0.0470. The van der Waals surface area contributed by atoms with Crippen LogP contribution in [0, 0.1) is 0 Å². The number of ether oxygens (including phenoxy) is 2. The van der Waals surface area contributed by atoms with Crippen molar-refractivity contribution in [3.05, 3.63) is 23.8 Å². The zero-order valence-electron chi connectivity index (χ0n) is 14.5. The van der Waals surface area contributed by atoms with E-state index in [2.05, 4.69) is 5.32 Å². The van der Waals surface area contributed by atoms with Gasteiger partial charge in [-0.2, -0.15) is 0 Å². The smallest absolute Gasteiger partial charge is 0.251 e. The minimum atomic E-state index is -1.28. The van der Waals surface area contributed by atoms with Gasteiger partial charge in [0.15, 0.2) is 17.6 Å². The van der Waals surface area contributed by atoms with Gasteiger partial charge in [-0.15, -0.1) is 0 Å². The summed E-state index contributed by atoms with van der Waals surface area (Å²) in [5, 5.41) is 13.0. The van der Waals surface area contributed by atoms with Crippen molar-refractivity contribution in [1.82, 2.24) is 10.2 Å². The second-order valence-electron chi connectivity index (χ2n) is 5.85. The van der Waals surface area contributed by atoms with Gasteiger partial charge in [0.2, 0.25) is 5.91 Å². The molecule has 1 saturated heterocycles. The first-order valence-electron chi connectivity index (χ1n) is 8.18. The maximum atomic E-state index is 12.3. The number of likely N-dealkylation sites (tertiary alicyclic amines) is 1. The van der Waals surface area contributed by atoms with Crippen LogP contribution in [0.25, 0.3) is 0 Å². The standard InChI is InChI=1S/C17H25N3O5/c1-24-13-6-5-11(8-14(13)25-2)10-19-17(23)16(22)12-4-3-7-20(12)15(21)9-18/h5-6,8,12,16,22H,3-4,7,9-10,18H2,1-2H3,(H,19,23)/t12-,16?/m0/s1. The van der Waals surface area contributed by atoms with Crippen LogP contribution < -0.4 is 20.5 Å². The Bertz CT molecular complexity index is 622. The predicted molar refractivity (Wildman–Crippen MR) is 91.2 cm³/mol. The lowest BCUT2D eigenvalue weighted by Crippen LogP contribution is -2.50. The number of benzene rings is 1. The third-order valence-electron chi connectivity index (χ3n) is 4.34. The normalized spacial score (nSPS) is 17.9. The zero-order chi connectivity index (χ0) is 18.4. The molecule has 1 aliphatic heterocycles. The molecule has 2 atom stereocenters. The number of methoxy groups -OCH3 is 2. The number of nitrogens with zero attached hydrogens (tertiary/aromatic N) is 1. The van der Waals surface area contributed by atoms with Gasteiger partial charge >= 0.3 is 0 Å². The fraction of sp³-hybridized carbons (Fsp3) is 0.529. The lowest BCUT2D eigenvalue weighted by molar-refractivity contribution is -0.138. The molecule has 0 spiro atoms. The van der Waals surface area contributed by atoms with Crippen molar-refractivity contribution in [2.75, 3.05) is 27.3 Å². The molecule has 0 radical (unpaired) electrons. The van der Waals surface area contributed by atoms with E-state index in [0.29, 0.717) is 24.5 Å². The maximum absolute atomic E-state index is 12.3. The molecule has 1 fully saturated rings. The summed E-state index contributed by atoms with van der Waals surface area (Å²) in [6, 6.07) is 4.77. The number of nitrogens with one attached hydrogen (secondary N) is 1. The lowest BCUT2D eigenvalue weighted by atomic mass is 10.1. The van der Waals surface area contributed by atoms with Crippen LogP contribution in [0.4, 0.5) is 0 Å². The van der Waals surface area contributed by atoms with Crippen molar-refractivity contribution < 1.29 is 24.2 Å². The molecular formula is C17H25N3O5. The molecule has 2 rings (SSSR count). The highest BCUT2D eigenvalue weighted by Gasteiger charge is 2.36. The number of carbonyl (C=O) groups is 2. The molecule has 8 heteroatoms. The number of aliphatic hydroxyl groups is 1. The Kier molecular flexibility index (Phi) is 6.60. The van der Waals surface area contributed by atoms with Gasteiger partial charge < -0.3 is 30.5 Å². The second-order valence-corrected chi connectivity index (χ2v) is 5.85. The number of carbonyl (C=O) groups excluding carboxylic acids is 2. The number of hydrogen-bond donors (Lipinski definition) is 3. The summed E-state index contributed by atoms with van der Waals surface area (Å²) in [4.78, 5) is 25.5. The largest absolute Gasteiger partial charge is 0.493 e. The van der Waals surface area contributed by atoms with Crippen LogP contribution >= 0.6 is 0 Å². The number of aliphatic hydroxyl groups excluding tert-OH is 1. The molecular weight excluding hydrogens is 326 g/mol. The van der Waals surface area contributed by atoms with E-state index in [1.54, 1.807) is 25.3 Å². The van der Waals surface area contributed by atoms with E-state index < -0.39 is 18.1 Å². The molecule has 0 bridgehead atoms. The van der Waals surface area contributed by atoms with Gasteiger partial charge in [-0.3, -0.25) is 9.59 Å². The zero-order valence-corrected chi connectivity index (χ0v) is 14.5. The molecule has 1 unspecified atom stereocenters. The highest BCUT2D eigenvalue weighted by atomic mass is 16.5. The third kappa shape index (κ3) is 4.40. The van der Waals surface area contributed by atoms with Crippen molar-refractivity contribution in [2.45, 2.75) is 31.5 Å². The van der Waals surface area contributed by atoms with Crippen molar-refractivity contribution in [2.24, 2.45) is 5.73 Å². The molecule has 0 saturated carbocycles. The van der Waals surface area contributed by atoms with Gasteiger partial charge in [-0.1, -0.05) is 6.07 Å². The lowest BCUT2D eigenvalue weighted by Gasteiger charge is -2.27. The van der Waals surface area contributed by atoms with E-state index in [1.165, 1.54) is 12.0 Å². The fourth-order valence-corrected chi connectivity index (χ4v) is 3.01. The van der Waals surface area contributed by atoms with Crippen LogP contribution in [0.2, 0.25) is 0 Å². The Labute approximate surface area is 146 Å². The van der Waals surface area contributed by atoms with Crippen LogP contribution in [0.3, 0.4) is 0 Å². The number of rotatable bonds is 7. The molecule has 4 N–H and O–H groups in total. The topological polar surface area (TPSA) is 114 Å². The molecule has 138 valence electrons. The van der Waals surface area contributed by atoms with Crippen molar-refractivity contribution in [3.8, 4) is 11.5 Å². The summed E-state index contributed by atoms with van der Waals surface area (Å²) in [6.45, 7) is 0.616. The van der Waals surface area contributed by atoms with Crippen molar-refractivity contribution in [1.29, 1.82) is 0 Å². The molecule has 0 aliphatic carbocycles. The first-order chi connectivity index (χ1) is 12.0. The number of hydrogen-bond acceptors (Lipinski definition) is 6. The van der Waals surface area contributed by atoms with Gasteiger partial charge in [-0.05, 0) is 30.5 Å². The van der Waals surface area contributed by atoms with Gasteiger partial charge in [0, 0.05) is 13.1 Å². The molecule has 25 heavy (non-hydrogen) atoms. The van der Waals surface area contributed by atoms with Crippen LogP contribution in [-0.4, -0.2) is 61.3 Å². The van der Waals surface area contributed by atoms with E-state index >= 15 is 0 Å². The SMILES string of the molecule is COc1ccc(CNC(=O)C(O)[C@@H]2CCCN2C(=O)CN)cc1OC. The maximum Gasteiger partial charge on any atom is 0.251 e. The molecule has 0 aromatic heterocycles. The van der Waals surface area contributed by atoms with E-state index in [1.807, 2.05) is 0 Å². The Morgan fingerprint density at radius 2 is 2.08 bits per heavy atom. The van der Waals surface area contributed by atoms with E-state index in [4.69, 9.17) is 15.2 Å². The quantitative estimate of drug-likeness (QED) is 0.618. The van der Waals surface area contributed by atoms with Crippen LogP contribution in [0.1, 0.15) is 18.4 Å². The van der Waals surface area contributed by atoms with Gasteiger partial charge in [-0.25, -0.2) is 0 Å².